The molecule has 0 atom stereocenters. The lowest BCUT2D eigenvalue weighted by molar-refractivity contribution is -0.376. The number of ether oxygens (including phenoxy) is 1. The van der Waals surface area contributed by atoms with Crippen molar-refractivity contribution in [1.82, 2.24) is 9.55 Å². The Hall–Kier alpha value is -3.57. The monoisotopic (exact) mass is 542 g/mol. The smallest absolute Gasteiger partial charge is 0.430 e. The zero-order valence-electron chi connectivity index (χ0n) is 18.9. The van der Waals surface area contributed by atoms with E-state index in [0.717, 1.165) is 16.7 Å². The first-order chi connectivity index (χ1) is 17.3. The van der Waals surface area contributed by atoms with Crippen LogP contribution in [0.1, 0.15) is 17.0 Å². The number of rotatable bonds is 5. The van der Waals surface area contributed by atoms with E-state index in [2.05, 4.69) is 4.98 Å². The highest BCUT2D eigenvalue weighted by Gasteiger charge is 2.71. The van der Waals surface area contributed by atoms with Gasteiger partial charge in [0.2, 0.25) is 0 Å². The minimum atomic E-state index is -6.09. The molecule has 37 heavy (non-hydrogen) atoms. The van der Waals surface area contributed by atoms with Gasteiger partial charge in [-0.1, -0.05) is 54.1 Å². The van der Waals surface area contributed by atoms with Crippen molar-refractivity contribution >= 4 is 22.5 Å². The van der Waals surface area contributed by atoms with Gasteiger partial charge in [-0.3, -0.25) is 9.36 Å². The number of aromatic nitrogens is 2. The van der Waals surface area contributed by atoms with Crippen LogP contribution in [-0.4, -0.2) is 34.1 Å². The second kappa shape index (κ2) is 9.38. The summed E-state index contributed by atoms with van der Waals surface area (Å²) in [4.78, 5) is 18.0. The molecule has 1 heterocycles. The zero-order valence-corrected chi connectivity index (χ0v) is 19.6. The Bertz CT molecular complexity index is 1500. The normalized spacial score (nSPS) is 12.7. The highest BCUT2D eigenvalue weighted by molar-refractivity contribution is 6.32. The van der Waals surface area contributed by atoms with Gasteiger partial charge in [0.25, 0.3) is 11.2 Å². The lowest BCUT2D eigenvalue weighted by Gasteiger charge is -2.33. The van der Waals surface area contributed by atoms with Crippen molar-refractivity contribution in [2.75, 3.05) is 7.11 Å². The van der Waals surface area contributed by atoms with Gasteiger partial charge in [0.15, 0.2) is 0 Å². The van der Waals surface area contributed by atoms with Crippen LogP contribution in [0.5, 0.6) is 5.75 Å². The van der Waals surface area contributed by atoms with Gasteiger partial charge in [-0.25, -0.2) is 4.98 Å². The molecule has 0 unspecified atom stereocenters. The quantitative estimate of drug-likeness (QED) is 0.317. The third kappa shape index (κ3) is 4.64. The molecular weight excluding hydrogens is 526 g/mol. The SMILES string of the molecule is COc1cc2nc(Cc3ccccc3)n(-c3cccc(C(O)(C(F)(F)F)C(F)(F)F)c3)c(=O)c2cc1Cl. The summed E-state index contributed by atoms with van der Waals surface area (Å²) in [5, 5.41) is 9.89. The van der Waals surface area contributed by atoms with Crippen LogP contribution in [0.3, 0.4) is 0 Å². The van der Waals surface area contributed by atoms with Gasteiger partial charge in [-0.15, -0.1) is 0 Å². The molecule has 0 fully saturated rings. The minimum absolute atomic E-state index is 0.00397. The van der Waals surface area contributed by atoms with E-state index < -0.39 is 29.1 Å². The Morgan fingerprint density at radius 2 is 1.59 bits per heavy atom. The zero-order chi connectivity index (χ0) is 27.2. The lowest BCUT2D eigenvalue weighted by atomic mass is 9.92. The van der Waals surface area contributed by atoms with E-state index in [4.69, 9.17) is 16.3 Å². The highest BCUT2D eigenvalue weighted by atomic mass is 35.5. The van der Waals surface area contributed by atoms with Crippen molar-refractivity contribution in [2.24, 2.45) is 0 Å². The fourth-order valence-corrected chi connectivity index (χ4v) is 4.15. The molecule has 194 valence electrons. The van der Waals surface area contributed by atoms with Crippen LogP contribution in [-0.2, 0) is 12.0 Å². The van der Waals surface area contributed by atoms with E-state index in [1.165, 1.54) is 19.2 Å². The Balaban J connectivity index is 2.02. The average molecular weight is 543 g/mol. The van der Waals surface area contributed by atoms with Crippen LogP contribution in [0.15, 0.2) is 71.5 Å². The Morgan fingerprint density at radius 1 is 0.946 bits per heavy atom. The third-order valence-electron chi connectivity index (χ3n) is 5.76. The Kier molecular flexibility index (Phi) is 6.72. The molecule has 0 aliphatic heterocycles. The number of halogens is 7. The van der Waals surface area contributed by atoms with Gasteiger partial charge in [-0.05, 0) is 23.8 Å². The molecule has 0 bridgehead atoms. The maximum Gasteiger partial charge on any atom is 0.430 e. The van der Waals surface area contributed by atoms with E-state index >= 15 is 0 Å². The number of aliphatic hydroxyl groups is 1. The summed E-state index contributed by atoms with van der Waals surface area (Å²) >= 11 is 6.14. The predicted octanol–water partition coefficient (Wildman–Crippen LogP) is 5.95. The van der Waals surface area contributed by atoms with Gasteiger partial charge in [-0.2, -0.15) is 26.3 Å². The molecule has 12 heteroatoms. The van der Waals surface area contributed by atoms with Crippen LogP contribution in [0.2, 0.25) is 5.02 Å². The van der Waals surface area contributed by atoms with Crippen molar-refractivity contribution in [1.29, 1.82) is 0 Å². The standard InChI is InChI=1S/C25H17ClF6N2O3/c1-37-20-13-19-17(12-18(20)26)22(35)34(21(33-19)10-14-6-3-2-4-7-14)16-9-5-8-15(11-16)23(36,24(27,28)29)25(30,31)32/h2-9,11-13,36H,10H2,1H3. The van der Waals surface area contributed by atoms with Gasteiger partial charge >= 0.3 is 12.4 Å². The van der Waals surface area contributed by atoms with Crippen LogP contribution in [0.25, 0.3) is 16.6 Å². The minimum Gasteiger partial charge on any atom is -0.495 e. The predicted molar refractivity (Wildman–Crippen MR) is 124 cm³/mol. The van der Waals surface area contributed by atoms with Gasteiger partial charge < -0.3 is 9.84 Å². The van der Waals surface area contributed by atoms with Crippen LogP contribution in [0, 0.1) is 0 Å². The molecule has 0 aliphatic carbocycles. The van der Waals surface area contributed by atoms with Crippen molar-refractivity contribution in [3.63, 3.8) is 0 Å². The molecular formula is C25H17ClF6N2O3. The molecule has 1 N–H and O–H groups in total. The Morgan fingerprint density at radius 3 is 2.19 bits per heavy atom. The molecule has 0 radical (unpaired) electrons. The summed E-state index contributed by atoms with van der Waals surface area (Å²) in [6.45, 7) is 0. The summed E-state index contributed by atoms with van der Waals surface area (Å²) in [6, 6.07) is 14.2. The Labute approximate surface area is 210 Å². The van der Waals surface area contributed by atoms with Crippen LogP contribution >= 0.6 is 11.6 Å². The first kappa shape index (κ1) is 26.5. The number of nitrogens with zero attached hydrogens (tertiary/aromatic N) is 2. The number of fused-ring (bicyclic) bond motifs is 1. The first-order valence-corrected chi connectivity index (χ1v) is 11.0. The maximum atomic E-state index is 13.6. The number of methoxy groups -OCH3 is 1. The number of benzene rings is 3. The summed E-state index contributed by atoms with van der Waals surface area (Å²) in [5.41, 5.74) is -6.99. The van der Waals surface area contributed by atoms with E-state index in [0.29, 0.717) is 17.7 Å². The summed E-state index contributed by atoms with van der Waals surface area (Å²) in [6.07, 6.45) is -12.2. The molecule has 3 aromatic carbocycles. The summed E-state index contributed by atoms with van der Waals surface area (Å²) in [7, 11) is 1.35. The molecule has 0 amide bonds. The maximum absolute atomic E-state index is 13.6. The first-order valence-electron chi connectivity index (χ1n) is 10.6. The van der Waals surface area contributed by atoms with Crippen molar-refractivity contribution in [3.05, 3.63) is 99.1 Å². The summed E-state index contributed by atoms with van der Waals surface area (Å²) in [5.74, 6) is 0.236. The van der Waals surface area contributed by atoms with Gasteiger partial charge in [0.05, 0.1) is 28.7 Å². The fourth-order valence-electron chi connectivity index (χ4n) is 3.91. The largest absolute Gasteiger partial charge is 0.495 e. The molecule has 4 rings (SSSR count). The average Bonchev–Trinajstić information content (AvgIpc) is 2.83. The van der Waals surface area contributed by atoms with E-state index in [-0.39, 0.29) is 39.6 Å². The summed E-state index contributed by atoms with van der Waals surface area (Å²) < 4.78 is 87.1. The molecule has 0 aliphatic rings. The van der Waals surface area contributed by atoms with Crippen molar-refractivity contribution in [2.45, 2.75) is 24.4 Å². The van der Waals surface area contributed by atoms with Crippen molar-refractivity contribution < 1.29 is 36.2 Å². The molecule has 0 spiro atoms. The van der Waals surface area contributed by atoms with Gasteiger partial charge in [0.1, 0.15) is 11.6 Å². The van der Waals surface area contributed by atoms with Gasteiger partial charge in [0, 0.05) is 18.1 Å². The number of hydrogen-bond donors (Lipinski definition) is 1. The fraction of sp³-hybridized carbons (Fsp3) is 0.200. The van der Waals surface area contributed by atoms with E-state index in [1.807, 2.05) is 0 Å². The molecule has 0 saturated heterocycles. The molecule has 5 nitrogen and oxygen atoms in total. The molecule has 1 aromatic heterocycles. The van der Waals surface area contributed by atoms with Crippen LogP contribution in [0.4, 0.5) is 26.3 Å². The molecule has 4 aromatic rings. The van der Waals surface area contributed by atoms with Crippen LogP contribution < -0.4 is 10.3 Å². The third-order valence-corrected chi connectivity index (χ3v) is 6.05. The number of hydrogen-bond acceptors (Lipinski definition) is 4. The van der Waals surface area contributed by atoms with Crippen molar-refractivity contribution in [3.8, 4) is 11.4 Å². The lowest BCUT2D eigenvalue weighted by Crippen LogP contribution is -2.54. The second-order valence-corrected chi connectivity index (χ2v) is 8.50. The number of alkyl halides is 6. The van der Waals surface area contributed by atoms with E-state index in [1.54, 1.807) is 30.3 Å². The topological polar surface area (TPSA) is 64.3 Å². The van der Waals surface area contributed by atoms with E-state index in [9.17, 15) is 36.2 Å². The second-order valence-electron chi connectivity index (χ2n) is 8.09. The highest BCUT2D eigenvalue weighted by Crippen LogP contribution is 2.50. The molecule has 0 saturated carbocycles.